The lowest BCUT2D eigenvalue weighted by molar-refractivity contribution is 0.112. The molecular weight excluding hydrogens is 236 g/mol. The number of carbonyl (C=O) groups excluding carboxylic acids is 1. The number of hydrogen-bond acceptors (Lipinski definition) is 3. The summed E-state index contributed by atoms with van der Waals surface area (Å²) in [6.07, 6.45) is 2.68. The van der Waals surface area contributed by atoms with Crippen molar-refractivity contribution in [3.63, 3.8) is 0 Å². The molecule has 2 rings (SSSR count). The highest BCUT2D eigenvalue weighted by Gasteiger charge is 2.01. The van der Waals surface area contributed by atoms with Crippen molar-refractivity contribution in [2.75, 3.05) is 11.9 Å². The van der Waals surface area contributed by atoms with Gasteiger partial charge in [0.1, 0.15) is 12.1 Å². The van der Waals surface area contributed by atoms with E-state index in [0.29, 0.717) is 11.5 Å². The summed E-state index contributed by atoms with van der Waals surface area (Å²) in [5.41, 5.74) is 2.70. The Kier molecular flexibility index (Phi) is 4.29. The average Bonchev–Trinajstić information content (AvgIpc) is 2.45. The smallest absolute Gasteiger partial charge is 0.150 e. The van der Waals surface area contributed by atoms with E-state index < -0.39 is 0 Å². The molecule has 19 heavy (non-hydrogen) atoms. The van der Waals surface area contributed by atoms with Crippen LogP contribution in [0.5, 0.6) is 0 Å². The molecule has 0 atom stereocenters. The van der Waals surface area contributed by atoms with Gasteiger partial charge in [-0.2, -0.15) is 0 Å². The van der Waals surface area contributed by atoms with E-state index in [4.69, 9.17) is 0 Å². The molecule has 0 saturated carbocycles. The fraction of sp³-hybridized carbons (Fsp3) is 0.250. The fourth-order valence-electron chi connectivity index (χ4n) is 1.77. The Morgan fingerprint density at radius 1 is 1.21 bits per heavy atom. The van der Waals surface area contributed by atoms with E-state index in [0.717, 1.165) is 29.8 Å². The molecule has 0 bridgehead atoms. The predicted molar refractivity (Wildman–Crippen MR) is 78.4 cm³/mol. The van der Waals surface area contributed by atoms with Gasteiger partial charge in [-0.15, -0.1) is 0 Å². The minimum atomic E-state index is 0.589. The van der Waals surface area contributed by atoms with Gasteiger partial charge in [0.2, 0.25) is 0 Å². The molecular formula is C16H18N2O. The maximum atomic E-state index is 10.8. The molecule has 3 heteroatoms. The molecule has 2 aromatic rings. The summed E-state index contributed by atoms with van der Waals surface area (Å²) in [6.45, 7) is 5.23. The number of pyridine rings is 1. The lowest BCUT2D eigenvalue weighted by Gasteiger charge is -2.08. The van der Waals surface area contributed by atoms with E-state index >= 15 is 0 Å². The number of nitrogens with one attached hydrogen (secondary N) is 1. The molecule has 0 amide bonds. The molecule has 0 aliphatic rings. The van der Waals surface area contributed by atoms with Crippen LogP contribution in [0.25, 0.3) is 11.1 Å². The zero-order valence-electron chi connectivity index (χ0n) is 11.3. The van der Waals surface area contributed by atoms with Crippen molar-refractivity contribution >= 4 is 12.1 Å². The maximum Gasteiger partial charge on any atom is 0.150 e. The topological polar surface area (TPSA) is 42.0 Å². The second-order valence-corrected chi connectivity index (χ2v) is 4.95. The molecule has 0 unspecified atom stereocenters. The van der Waals surface area contributed by atoms with Gasteiger partial charge >= 0.3 is 0 Å². The standard InChI is InChI=1S/C16H18N2O/c1-12(2)9-17-16-7-6-15(10-18-16)14-5-3-4-13(8-14)11-19/h3-8,10-12H,9H2,1-2H3,(H,17,18). The largest absolute Gasteiger partial charge is 0.370 e. The number of benzene rings is 1. The summed E-state index contributed by atoms with van der Waals surface area (Å²) in [5.74, 6) is 1.47. The van der Waals surface area contributed by atoms with Gasteiger partial charge < -0.3 is 5.32 Å². The monoisotopic (exact) mass is 254 g/mol. The Morgan fingerprint density at radius 2 is 2.05 bits per heavy atom. The summed E-state index contributed by atoms with van der Waals surface area (Å²) >= 11 is 0. The van der Waals surface area contributed by atoms with Crippen LogP contribution in [0, 0.1) is 5.92 Å². The van der Waals surface area contributed by atoms with Gasteiger partial charge in [0.25, 0.3) is 0 Å². The van der Waals surface area contributed by atoms with Crippen LogP contribution in [0.1, 0.15) is 24.2 Å². The quantitative estimate of drug-likeness (QED) is 0.828. The van der Waals surface area contributed by atoms with Crippen molar-refractivity contribution in [2.45, 2.75) is 13.8 Å². The van der Waals surface area contributed by atoms with E-state index in [1.807, 2.05) is 36.5 Å². The van der Waals surface area contributed by atoms with E-state index in [9.17, 15) is 4.79 Å². The molecule has 1 aromatic carbocycles. The summed E-state index contributed by atoms with van der Waals surface area (Å²) in [5, 5.41) is 3.28. The van der Waals surface area contributed by atoms with Crippen LogP contribution < -0.4 is 5.32 Å². The van der Waals surface area contributed by atoms with Crippen LogP contribution in [0.2, 0.25) is 0 Å². The number of rotatable bonds is 5. The van der Waals surface area contributed by atoms with Crippen molar-refractivity contribution in [2.24, 2.45) is 5.92 Å². The molecule has 0 spiro atoms. The van der Waals surface area contributed by atoms with Crippen molar-refractivity contribution in [1.29, 1.82) is 0 Å². The first-order chi connectivity index (χ1) is 9.19. The number of carbonyl (C=O) groups is 1. The lowest BCUT2D eigenvalue weighted by atomic mass is 10.1. The minimum absolute atomic E-state index is 0.589. The Bertz CT molecular complexity index is 547. The summed E-state index contributed by atoms with van der Waals surface area (Å²) in [7, 11) is 0. The first kappa shape index (κ1) is 13.3. The SMILES string of the molecule is CC(C)CNc1ccc(-c2cccc(C=O)c2)cn1. The zero-order valence-corrected chi connectivity index (χ0v) is 11.3. The summed E-state index contributed by atoms with van der Waals surface area (Å²) in [4.78, 5) is 15.2. The Hall–Kier alpha value is -2.16. The highest BCUT2D eigenvalue weighted by Crippen LogP contribution is 2.20. The molecule has 1 N–H and O–H groups in total. The van der Waals surface area contributed by atoms with E-state index in [1.54, 1.807) is 6.07 Å². The molecule has 0 radical (unpaired) electrons. The number of hydrogen-bond donors (Lipinski definition) is 1. The van der Waals surface area contributed by atoms with E-state index in [1.165, 1.54) is 0 Å². The average molecular weight is 254 g/mol. The number of aldehydes is 1. The van der Waals surface area contributed by atoms with E-state index in [-0.39, 0.29) is 0 Å². The van der Waals surface area contributed by atoms with Crippen LogP contribution in [0.3, 0.4) is 0 Å². The molecule has 0 aliphatic carbocycles. The molecule has 0 aliphatic heterocycles. The molecule has 98 valence electrons. The second kappa shape index (κ2) is 6.14. The van der Waals surface area contributed by atoms with Crippen LogP contribution in [-0.2, 0) is 0 Å². The minimum Gasteiger partial charge on any atom is -0.370 e. The third-order valence-corrected chi connectivity index (χ3v) is 2.81. The Balaban J connectivity index is 2.15. The van der Waals surface area contributed by atoms with Gasteiger partial charge in [-0.1, -0.05) is 32.0 Å². The van der Waals surface area contributed by atoms with Gasteiger partial charge in [-0.05, 0) is 29.7 Å². The van der Waals surface area contributed by atoms with Gasteiger partial charge in [-0.25, -0.2) is 4.98 Å². The Labute approximate surface area is 113 Å². The molecule has 1 heterocycles. The van der Waals surface area contributed by atoms with Crippen LogP contribution >= 0.6 is 0 Å². The molecule has 0 fully saturated rings. The molecule has 3 nitrogen and oxygen atoms in total. The first-order valence-electron chi connectivity index (χ1n) is 6.44. The van der Waals surface area contributed by atoms with Crippen molar-refractivity contribution in [1.82, 2.24) is 4.98 Å². The highest BCUT2D eigenvalue weighted by molar-refractivity contribution is 5.78. The van der Waals surface area contributed by atoms with Gasteiger partial charge in [0, 0.05) is 23.9 Å². The molecule has 1 aromatic heterocycles. The third kappa shape index (κ3) is 3.65. The fourth-order valence-corrected chi connectivity index (χ4v) is 1.77. The van der Waals surface area contributed by atoms with Crippen LogP contribution in [-0.4, -0.2) is 17.8 Å². The maximum absolute atomic E-state index is 10.8. The van der Waals surface area contributed by atoms with E-state index in [2.05, 4.69) is 24.1 Å². The Morgan fingerprint density at radius 3 is 2.68 bits per heavy atom. The normalized spacial score (nSPS) is 10.5. The van der Waals surface area contributed by atoms with Gasteiger partial charge in [-0.3, -0.25) is 4.79 Å². The van der Waals surface area contributed by atoms with Crippen LogP contribution in [0.15, 0.2) is 42.6 Å². The summed E-state index contributed by atoms with van der Waals surface area (Å²) in [6, 6.07) is 11.5. The van der Waals surface area contributed by atoms with Gasteiger partial charge in [0.05, 0.1) is 0 Å². The third-order valence-electron chi connectivity index (χ3n) is 2.81. The second-order valence-electron chi connectivity index (χ2n) is 4.95. The summed E-state index contributed by atoms with van der Waals surface area (Å²) < 4.78 is 0. The predicted octanol–water partition coefficient (Wildman–Crippen LogP) is 3.63. The van der Waals surface area contributed by atoms with Crippen LogP contribution in [0.4, 0.5) is 5.82 Å². The van der Waals surface area contributed by atoms with Crippen molar-refractivity contribution in [3.8, 4) is 11.1 Å². The lowest BCUT2D eigenvalue weighted by Crippen LogP contribution is -2.08. The molecule has 0 saturated heterocycles. The number of nitrogens with zero attached hydrogens (tertiary/aromatic N) is 1. The first-order valence-corrected chi connectivity index (χ1v) is 6.44. The van der Waals surface area contributed by atoms with Gasteiger partial charge in [0.15, 0.2) is 0 Å². The zero-order chi connectivity index (χ0) is 13.7. The highest BCUT2D eigenvalue weighted by atomic mass is 16.1. The number of anilines is 1. The number of aromatic nitrogens is 1. The van der Waals surface area contributed by atoms with Crippen molar-refractivity contribution < 1.29 is 4.79 Å². The van der Waals surface area contributed by atoms with Crippen molar-refractivity contribution in [3.05, 3.63) is 48.2 Å².